The van der Waals surface area contributed by atoms with E-state index >= 15 is 0 Å². The third-order valence-corrected chi connectivity index (χ3v) is 0.515. The molecule has 0 aromatic rings. The maximum Gasteiger partial charge on any atom is 0.410 e. The number of thiocarbonyl (C=S) groups is 1. The van der Waals surface area contributed by atoms with Crippen molar-refractivity contribution in [3.63, 3.8) is 0 Å². The molecule has 5 heteroatoms. The minimum absolute atomic E-state index is 0.336. The van der Waals surface area contributed by atoms with Gasteiger partial charge in [-0.25, -0.2) is 4.79 Å². The molecule has 0 aromatic heterocycles. The second kappa shape index (κ2) is 2.93. The molecule has 0 rings (SSSR count). The van der Waals surface area contributed by atoms with Crippen molar-refractivity contribution in [2.75, 3.05) is 0 Å². The van der Waals surface area contributed by atoms with Crippen LogP contribution >= 0.6 is 12.2 Å². The monoisotopic (exact) mass is 130 g/mol. The Morgan fingerprint density at radius 1 is 1.88 bits per heavy atom. The van der Waals surface area contributed by atoms with Crippen LogP contribution < -0.4 is 5.32 Å². The van der Waals surface area contributed by atoms with Crippen LogP contribution in [0.3, 0.4) is 0 Å². The van der Waals surface area contributed by atoms with Crippen LogP contribution in [0.15, 0.2) is 0 Å². The first kappa shape index (κ1) is 6.85. The van der Waals surface area contributed by atoms with Gasteiger partial charge < -0.3 is 5.11 Å². The SMILES string of the molecule is N#CC(=S)NC(=O)O. The van der Waals surface area contributed by atoms with Gasteiger partial charge >= 0.3 is 6.09 Å². The molecule has 0 saturated heterocycles. The molecular formula is C3H2N2O2S. The summed E-state index contributed by atoms with van der Waals surface area (Å²) in [5.74, 6) is 0. The number of carbonyl (C=O) groups is 1. The summed E-state index contributed by atoms with van der Waals surface area (Å²) in [6, 6.07) is 1.44. The van der Waals surface area contributed by atoms with Crippen molar-refractivity contribution in [1.29, 1.82) is 5.26 Å². The van der Waals surface area contributed by atoms with Gasteiger partial charge in [-0.1, -0.05) is 0 Å². The highest BCUT2D eigenvalue weighted by molar-refractivity contribution is 7.80. The summed E-state index contributed by atoms with van der Waals surface area (Å²) in [5, 5.41) is 17.4. The molecule has 2 N–H and O–H groups in total. The van der Waals surface area contributed by atoms with Crippen LogP contribution in [0.5, 0.6) is 0 Å². The zero-order valence-corrected chi connectivity index (χ0v) is 4.53. The van der Waals surface area contributed by atoms with E-state index in [-0.39, 0.29) is 4.99 Å². The first-order valence-corrected chi connectivity index (χ1v) is 2.01. The molecule has 0 radical (unpaired) electrons. The molecule has 0 bridgehead atoms. The molecule has 42 valence electrons. The molecule has 0 spiro atoms. The van der Waals surface area contributed by atoms with E-state index in [0.29, 0.717) is 0 Å². The van der Waals surface area contributed by atoms with Crippen molar-refractivity contribution in [3.05, 3.63) is 0 Å². The average molecular weight is 130 g/mol. The van der Waals surface area contributed by atoms with Gasteiger partial charge in [0.2, 0.25) is 0 Å². The predicted molar refractivity (Wildman–Crippen MR) is 29.4 cm³/mol. The number of rotatable bonds is 0. The van der Waals surface area contributed by atoms with Crippen LogP contribution in [0.1, 0.15) is 0 Å². The van der Waals surface area contributed by atoms with Crippen molar-refractivity contribution in [2.24, 2.45) is 0 Å². The second-order valence-electron chi connectivity index (χ2n) is 0.871. The van der Waals surface area contributed by atoms with Crippen LogP contribution in [0.25, 0.3) is 0 Å². The van der Waals surface area contributed by atoms with E-state index in [1.807, 2.05) is 0 Å². The lowest BCUT2D eigenvalue weighted by atomic mass is 10.7. The summed E-state index contributed by atoms with van der Waals surface area (Å²) in [5.41, 5.74) is 0. The molecule has 0 aromatic carbocycles. The Morgan fingerprint density at radius 3 is 2.50 bits per heavy atom. The standard InChI is InChI=1S/C3H2N2O2S/c4-1-2(8)5-3(6)7/h(H,5,8)(H,6,7). The molecule has 0 aliphatic carbocycles. The highest BCUT2D eigenvalue weighted by atomic mass is 32.1. The first-order valence-electron chi connectivity index (χ1n) is 1.61. The lowest BCUT2D eigenvalue weighted by Gasteiger charge is -1.87. The van der Waals surface area contributed by atoms with Crippen LogP contribution in [0.4, 0.5) is 4.79 Å². The van der Waals surface area contributed by atoms with Gasteiger partial charge in [-0.3, -0.25) is 5.32 Å². The van der Waals surface area contributed by atoms with Gasteiger partial charge in [-0.15, -0.1) is 0 Å². The molecule has 4 nitrogen and oxygen atoms in total. The Labute approximate surface area is 50.7 Å². The van der Waals surface area contributed by atoms with Gasteiger partial charge in [0.15, 0.2) is 4.99 Å². The van der Waals surface area contributed by atoms with Crippen molar-refractivity contribution >= 4 is 23.3 Å². The Hall–Kier alpha value is -1.15. The Balaban J connectivity index is 3.61. The maximum atomic E-state index is 9.62. The van der Waals surface area contributed by atoms with E-state index in [1.54, 1.807) is 5.32 Å². The van der Waals surface area contributed by atoms with Gasteiger partial charge in [-0.2, -0.15) is 5.26 Å². The average Bonchev–Trinajstić information content (AvgIpc) is 1.65. The highest BCUT2D eigenvalue weighted by Crippen LogP contribution is 1.66. The number of carboxylic acid groups (broad SMARTS) is 1. The molecule has 0 atom stereocenters. The number of hydrogen-bond donors (Lipinski definition) is 2. The van der Waals surface area contributed by atoms with Gasteiger partial charge in [0.25, 0.3) is 0 Å². The largest absolute Gasteiger partial charge is 0.465 e. The second-order valence-corrected chi connectivity index (χ2v) is 1.28. The number of hydrogen-bond acceptors (Lipinski definition) is 3. The van der Waals surface area contributed by atoms with Crippen molar-refractivity contribution < 1.29 is 9.90 Å². The smallest absolute Gasteiger partial charge is 0.410 e. The summed E-state index contributed by atoms with van der Waals surface area (Å²) in [6.45, 7) is 0. The fraction of sp³-hybridized carbons (Fsp3) is 0. The summed E-state index contributed by atoms with van der Waals surface area (Å²) < 4.78 is 0. The first-order chi connectivity index (χ1) is 3.66. The van der Waals surface area contributed by atoms with Gasteiger partial charge in [0, 0.05) is 0 Å². The topological polar surface area (TPSA) is 73.1 Å². The fourth-order valence-corrected chi connectivity index (χ4v) is 0.212. The Kier molecular flexibility index (Phi) is 2.51. The Bertz CT molecular complexity index is 159. The van der Waals surface area contributed by atoms with Crippen molar-refractivity contribution in [3.8, 4) is 6.07 Å². The zero-order valence-electron chi connectivity index (χ0n) is 3.71. The van der Waals surface area contributed by atoms with E-state index in [4.69, 9.17) is 10.4 Å². The number of nitrogens with one attached hydrogen (secondary N) is 1. The molecule has 0 fully saturated rings. The number of amides is 1. The minimum Gasteiger partial charge on any atom is -0.465 e. The van der Waals surface area contributed by atoms with Gasteiger partial charge in [-0.05, 0) is 12.2 Å². The summed E-state index contributed by atoms with van der Waals surface area (Å²) in [4.78, 5) is 9.28. The number of nitrogens with zero attached hydrogens (tertiary/aromatic N) is 1. The third kappa shape index (κ3) is 3.06. The summed E-state index contributed by atoms with van der Waals surface area (Å²) in [6.07, 6.45) is -1.31. The van der Waals surface area contributed by atoms with E-state index < -0.39 is 6.09 Å². The highest BCUT2D eigenvalue weighted by Gasteiger charge is 1.95. The normalized spacial score (nSPS) is 6.88. The van der Waals surface area contributed by atoms with Crippen LogP contribution in [0, 0.1) is 11.3 Å². The minimum atomic E-state index is -1.31. The van der Waals surface area contributed by atoms with Crippen molar-refractivity contribution in [1.82, 2.24) is 5.32 Å². The summed E-state index contributed by atoms with van der Waals surface area (Å²) in [7, 11) is 0. The van der Waals surface area contributed by atoms with Gasteiger partial charge in [0.1, 0.15) is 6.07 Å². The maximum absolute atomic E-state index is 9.62. The number of nitriles is 1. The summed E-state index contributed by atoms with van der Waals surface area (Å²) >= 11 is 4.18. The predicted octanol–water partition coefficient (Wildman–Crippen LogP) is 0.105. The molecule has 0 saturated carbocycles. The van der Waals surface area contributed by atoms with Crippen LogP contribution in [-0.2, 0) is 0 Å². The lowest BCUT2D eigenvalue weighted by molar-refractivity contribution is 0.200. The Morgan fingerprint density at radius 2 is 2.38 bits per heavy atom. The molecule has 0 heterocycles. The fourth-order valence-electron chi connectivity index (χ4n) is 0.125. The third-order valence-electron chi connectivity index (χ3n) is 0.322. The molecular weight excluding hydrogens is 128 g/mol. The van der Waals surface area contributed by atoms with E-state index in [2.05, 4.69) is 12.2 Å². The van der Waals surface area contributed by atoms with E-state index in [9.17, 15) is 4.79 Å². The molecule has 0 aliphatic rings. The van der Waals surface area contributed by atoms with E-state index in [1.165, 1.54) is 6.07 Å². The van der Waals surface area contributed by atoms with Gasteiger partial charge in [0.05, 0.1) is 0 Å². The lowest BCUT2D eigenvalue weighted by Crippen LogP contribution is -2.25. The van der Waals surface area contributed by atoms with Crippen LogP contribution in [0.2, 0.25) is 0 Å². The molecule has 8 heavy (non-hydrogen) atoms. The quantitative estimate of drug-likeness (QED) is 0.456. The molecule has 0 unspecified atom stereocenters. The zero-order chi connectivity index (χ0) is 6.57. The van der Waals surface area contributed by atoms with Crippen LogP contribution in [-0.4, -0.2) is 16.2 Å². The van der Waals surface area contributed by atoms with E-state index in [0.717, 1.165) is 0 Å². The molecule has 1 amide bonds. The van der Waals surface area contributed by atoms with Crippen molar-refractivity contribution in [2.45, 2.75) is 0 Å². The molecule has 0 aliphatic heterocycles.